The molecule has 0 heterocycles. The monoisotopic (exact) mass is 237 g/mol. The predicted octanol–water partition coefficient (Wildman–Crippen LogP) is 1.68. The maximum absolute atomic E-state index is 11.1. The van der Waals surface area contributed by atoms with Crippen molar-refractivity contribution in [2.75, 3.05) is 13.7 Å². The fourth-order valence-electron chi connectivity index (χ4n) is 1.72. The molecule has 0 aliphatic rings. The zero-order valence-corrected chi connectivity index (χ0v) is 10.1. The van der Waals surface area contributed by atoms with Crippen LogP contribution in [0.15, 0.2) is 24.3 Å². The Kier molecular flexibility index (Phi) is 5.49. The molecule has 0 radical (unpaired) electrons. The average molecular weight is 237 g/mol. The normalized spacial score (nSPS) is 12.1. The van der Waals surface area contributed by atoms with Crippen molar-refractivity contribution in [3.8, 4) is 5.75 Å². The number of methoxy groups -OCH3 is 1. The first-order valence-corrected chi connectivity index (χ1v) is 5.73. The van der Waals surface area contributed by atoms with Gasteiger partial charge in [0.25, 0.3) is 0 Å². The summed E-state index contributed by atoms with van der Waals surface area (Å²) < 4.78 is 5.05. The average Bonchev–Trinajstić information content (AvgIpc) is 2.35. The Balaban J connectivity index is 2.61. The zero-order chi connectivity index (χ0) is 12.7. The van der Waals surface area contributed by atoms with Crippen LogP contribution in [0, 0.1) is 5.92 Å². The lowest BCUT2D eigenvalue weighted by atomic mass is 9.95. The van der Waals surface area contributed by atoms with Gasteiger partial charge in [-0.15, -0.1) is 0 Å². The second kappa shape index (κ2) is 6.91. The number of ether oxygens (including phenoxy) is 1. The number of hydrogen-bond donors (Lipinski definition) is 2. The number of benzene rings is 1. The van der Waals surface area contributed by atoms with Crippen molar-refractivity contribution in [1.82, 2.24) is 0 Å². The number of carboxylic acids is 1. The first-order chi connectivity index (χ1) is 8.17. The Morgan fingerprint density at radius 2 is 2.06 bits per heavy atom. The third-order valence-electron chi connectivity index (χ3n) is 2.75. The summed E-state index contributed by atoms with van der Waals surface area (Å²) in [6.45, 7) is 0.534. The summed E-state index contributed by atoms with van der Waals surface area (Å²) in [5.41, 5.74) is 6.41. The van der Waals surface area contributed by atoms with E-state index in [1.807, 2.05) is 24.3 Å². The van der Waals surface area contributed by atoms with Gasteiger partial charge < -0.3 is 15.6 Å². The Hall–Kier alpha value is -1.55. The summed E-state index contributed by atoms with van der Waals surface area (Å²) in [6, 6.07) is 7.49. The molecule has 0 bridgehead atoms. The van der Waals surface area contributed by atoms with Gasteiger partial charge in [0.2, 0.25) is 0 Å². The Morgan fingerprint density at radius 3 is 2.53 bits per heavy atom. The number of rotatable bonds is 7. The van der Waals surface area contributed by atoms with E-state index in [0.29, 0.717) is 19.4 Å². The summed E-state index contributed by atoms with van der Waals surface area (Å²) in [6.07, 6.45) is 1.91. The highest BCUT2D eigenvalue weighted by atomic mass is 16.5. The topological polar surface area (TPSA) is 72.5 Å². The lowest BCUT2D eigenvalue weighted by molar-refractivity contribution is -0.141. The summed E-state index contributed by atoms with van der Waals surface area (Å²) in [7, 11) is 1.61. The lowest BCUT2D eigenvalue weighted by Gasteiger charge is -2.12. The van der Waals surface area contributed by atoms with Crippen molar-refractivity contribution >= 4 is 5.97 Å². The second-order valence-electron chi connectivity index (χ2n) is 4.02. The molecule has 1 aromatic carbocycles. The van der Waals surface area contributed by atoms with Crippen LogP contribution in [0.5, 0.6) is 5.75 Å². The van der Waals surface area contributed by atoms with E-state index in [1.54, 1.807) is 7.11 Å². The molecular formula is C13H19NO3. The van der Waals surface area contributed by atoms with Crippen LogP contribution in [-0.2, 0) is 11.2 Å². The van der Waals surface area contributed by atoms with Gasteiger partial charge in [-0.3, -0.25) is 4.79 Å². The Labute approximate surface area is 101 Å². The highest BCUT2D eigenvalue weighted by molar-refractivity contribution is 5.70. The first-order valence-electron chi connectivity index (χ1n) is 5.73. The molecule has 0 amide bonds. The van der Waals surface area contributed by atoms with E-state index in [0.717, 1.165) is 17.7 Å². The number of carbonyl (C=O) groups is 1. The standard InChI is InChI=1S/C13H19NO3/c1-17-12-6-4-10(5-7-12)9-11(13(15)16)3-2-8-14/h4-7,11H,2-3,8-9,14H2,1H3,(H,15,16). The van der Waals surface area contributed by atoms with Crippen molar-refractivity contribution in [3.05, 3.63) is 29.8 Å². The van der Waals surface area contributed by atoms with Gasteiger partial charge in [0.1, 0.15) is 5.75 Å². The summed E-state index contributed by atoms with van der Waals surface area (Å²) in [5.74, 6) is -0.330. The van der Waals surface area contributed by atoms with E-state index in [1.165, 1.54) is 0 Å². The highest BCUT2D eigenvalue weighted by Crippen LogP contribution is 2.17. The molecule has 4 heteroatoms. The molecule has 0 aliphatic carbocycles. The van der Waals surface area contributed by atoms with Crippen LogP contribution in [0.25, 0.3) is 0 Å². The molecule has 1 unspecified atom stereocenters. The molecule has 0 saturated heterocycles. The molecule has 0 saturated carbocycles. The molecule has 1 rings (SSSR count). The van der Waals surface area contributed by atoms with Crippen molar-refractivity contribution in [2.24, 2.45) is 11.7 Å². The van der Waals surface area contributed by atoms with E-state index < -0.39 is 5.97 Å². The van der Waals surface area contributed by atoms with E-state index >= 15 is 0 Å². The lowest BCUT2D eigenvalue weighted by Crippen LogP contribution is -2.17. The molecule has 0 fully saturated rings. The van der Waals surface area contributed by atoms with Gasteiger partial charge in [-0.1, -0.05) is 12.1 Å². The molecule has 0 aromatic heterocycles. The maximum Gasteiger partial charge on any atom is 0.306 e. The largest absolute Gasteiger partial charge is 0.497 e. The van der Waals surface area contributed by atoms with Crippen LogP contribution in [0.4, 0.5) is 0 Å². The van der Waals surface area contributed by atoms with Gasteiger partial charge in [-0.25, -0.2) is 0 Å². The number of aliphatic carboxylic acids is 1. The van der Waals surface area contributed by atoms with Crippen LogP contribution < -0.4 is 10.5 Å². The van der Waals surface area contributed by atoms with Crippen LogP contribution >= 0.6 is 0 Å². The smallest absolute Gasteiger partial charge is 0.306 e. The van der Waals surface area contributed by atoms with Gasteiger partial charge >= 0.3 is 5.97 Å². The minimum Gasteiger partial charge on any atom is -0.497 e. The number of nitrogens with two attached hydrogens (primary N) is 1. The van der Waals surface area contributed by atoms with Crippen molar-refractivity contribution in [3.63, 3.8) is 0 Å². The minimum absolute atomic E-state index is 0.355. The van der Waals surface area contributed by atoms with Crippen LogP contribution in [-0.4, -0.2) is 24.7 Å². The maximum atomic E-state index is 11.1. The molecule has 0 spiro atoms. The minimum atomic E-state index is -0.755. The predicted molar refractivity (Wildman–Crippen MR) is 66.1 cm³/mol. The highest BCUT2D eigenvalue weighted by Gasteiger charge is 2.17. The first kappa shape index (κ1) is 13.5. The SMILES string of the molecule is COc1ccc(CC(CCCN)C(=O)O)cc1. The number of hydrogen-bond acceptors (Lipinski definition) is 3. The Morgan fingerprint density at radius 1 is 1.41 bits per heavy atom. The second-order valence-corrected chi connectivity index (χ2v) is 4.02. The van der Waals surface area contributed by atoms with E-state index in [-0.39, 0.29) is 5.92 Å². The number of carboxylic acid groups (broad SMARTS) is 1. The molecular weight excluding hydrogens is 218 g/mol. The van der Waals surface area contributed by atoms with Gasteiger partial charge in [0.15, 0.2) is 0 Å². The summed E-state index contributed by atoms with van der Waals surface area (Å²) >= 11 is 0. The van der Waals surface area contributed by atoms with Gasteiger partial charge in [-0.2, -0.15) is 0 Å². The molecule has 1 atom stereocenters. The fourth-order valence-corrected chi connectivity index (χ4v) is 1.72. The van der Waals surface area contributed by atoms with E-state index in [2.05, 4.69) is 0 Å². The van der Waals surface area contributed by atoms with Gasteiger partial charge in [0, 0.05) is 0 Å². The van der Waals surface area contributed by atoms with Crippen LogP contribution in [0.1, 0.15) is 18.4 Å². The third kappa shape index (κ3) is 4.44. The quantitative estimate of drug-likeness (QED) is 0.756. The molecule has 3 N–H and O–H groups in total. The molecule has 1 aromatic rings. The van der Waals surface area contributed by atoms with Crippen molar-refractivity contribution in [1.29, 1.82) is 0 Å². The zero-order valence-electron chi connectivity index (χ0n) is 10.1. The van der Waals surface area contributed by atoms with Crippen molar-refractivity contribution < 1.29 is 14.6 Å². The van der Waals surface area contributed by atoms with Crippen molar-refractivity contribution in [2.45, 2.75) is 19.3 Å². The summed E-state index contributed by atoms with van der Waals surface area (Å²) in [5, 5.41) is 9.10. The Bertz CT molecular complexity index is 348. The van der Waals surface area contributed by atoms with E-state index in [4.69, 9.17) is 15.6 Å². The van der Waals surface area contributed by atoms with E-state index in [9.17, 15) is 4.79 Å². The third-order valence-corrected chi connectivity index (χ3v) is 2.75. The van der Waals surface area contributed by atoms with Crippen LogP contribution in [0.2, 0.25) is 0 Å². The van der Waals surface area contributed by atoms with Crippen LogP contribution in [0.3, 0.4) is 0 Å². The molecule has 0 aliphatic heterocycles. The van der Waals surface area contributed by atoms with Gasteiger partial charge in [0.05, 0.1) is 13.0 Å². The fraction of sp³-hybridized carbons (Fsp3) is 0.462. The molecule has 17 heavy (non-hydrogen) atoms. The van der Waals surface area contributed by atoms with Gasteiger partial charge in [-0.05, 0) is 43.5 Å². The molecule has 4 nitrogen and oxygen atoms in total. The summed E-state index contributed by atoms with van der Waals surface area (Å²) in [4.78, 5) is 11.1. The molecule has 94 valence electrons.